The summed E-state index contributed by atoms with van der Waals surface area (Å²) in [6.07, 6.45) is 2.82. The summed E-state index contributed by atoms with van der Waals surface area (Å²) < 4.78 is 0. The fourth-order valence-electron chi connectivity index (χ4n) is 2.43. The van der Waals surface area contributed by atoms with E-state index in [1.165, 1.54) is 16.3 Å². The molecule has 1 atom stereocenters. The third kappa shape index (κ3) is 2.47. The summed E-state index contributed by atoms with van der Waals surface area (Å²) in [5.74, 6) is 0.371. The zero-order chi connectivity index (χ0) is 12.1. The van der Waals surface area contributed by atoms with Crippen molar-refractivity contribution >= 4 is 10.8 Å². The van der Waals surface area contributed by atoms with Gasteiger partial charge in [-0.3, -0.25) is 0 Å². The number of nitrogens with zero attached hydrogens (tertiary/aromatic N) is 1. The van der Waals surface area contributed by atoms with Gasteiger partial charge in [0.25, 0.3) is 0 Å². The highest BCUT2D eigenvalue weighted by molar-refractivity contribution is 5.86. The zero-order valence-electron chi connectivity index (χ0n) is 10.2. The third-order valence-electron chi connectivity index (χ3n) is 3.24. The van der Waals surface area contributed by atoms with Crippen LogP contribution in [-0.2, 0) is 0 Å². The second-order valence-electron chi connectivity index (χ2n) is 4.42. The molecule has 2 aromatic carbocycles. The molecule has 0 heterocycles. The highest BCUT2D eigenvalue weighted by atomic mass is 14.3. The van der Waals surface area contributed by atoms with Crippen molar-refractivity contribution in [3.8, 4) is 6.07 Å². The van der Waals surface area contributed by atoms with Gasteiger partial charge in [-0.2, -0.15) is 5.26 Å². The second-order valence-corrected chi connectivity index (χ2v) is 4.42. The van der Waals surface area contributed by atoms with Crippen LogP contribution >= 0.6 is 0 Å². The smallest absolute Gasteiger partial charge is 0.0628 e. The van der Waals surface area contributed by atoms with Gasteiger partial charge in [-0.25, -0.2) is 0 Å². The second kappa shape index (κ2) is 5.50. The van der Waals surface area contributed by atoms with E-state index in [1.54, 1.807) is 0 Å². The number of benzene rings is 2. The van der Waals surface area contributed by atoms with E-state index in [4.69, 9.17) is 5.26 Å². The van der Waals surface area contributed by atoms with Crippen LogP contribution in [0.2, 0.25) is 0 Å². The van der Waals surface area contributed by atoms with Crippen LogP contribution in [0.3, 0.4) is 0 Å². The summed E-state index contributed by atoms with van der Waals surface area (Å²) in [6.45, 7) is 2.18. The van der Waals surface area contributed by atoms with E-state index in [-0.39, 0.29) is 0 Å². The van der Waals surface area contributed by atoms with Crippen LogP contribution < -0.4 is 0 Å². The molecule has 0 fully saturated rings. The van der Waals surface area contributed by atoms with Crippen molar-refractivity contribution in [3.05, 3.63) is 48.0 Å². The van der Waals surface area contributed by atoms with Gasteiger partial charge in [-0.05, 0) is 28.7 Å². The van der Waals surface area contributed by atoms with Crippen molar-refractivity contribution in [1.82, 2.24) is 0 Å². The van der Waals surface area contributed by atoms with E-state index in [0.29, 0.717) is 12.3 Å². The molecule has 2 aromatic rings. The maximum atomic E-state index is 8.95. The zero-order valence-corrected chi connectivity index (χ0v) is 10.2. The van der Waals surface area contributed by atoms with Crippen molar-refractivity contribution in [2.45, 2.75) is 32.1 Å². The van der Waals surface area contributed by atoms with Gasteiger partial charge in [-0.15, -0.1) is 0 Å². The quantitative estimate of drug-likeness (QED) is 0.741. The largest absolute Gasteiger partial charge is 0.198 e. The summed E-state index contributed by atoms with van der Waals surface area (Å²) in [5, 5.41) is 11.5. The molecule has 1 nitrogen and oxygen atoms in total. The lowest BCUT2D eigenvalue weighted by Gasteiger charge is -2.15. The average Bonchev–Trinajstić information content (AvgIpc) is 2.38. The summed E-state index contributed by atoms with van der Waals surface area (Å²) in [5.41, 5.74) is 1.33. The Balaban J connectivity index is 2.49. The summed E-state index contributed by atoms with van der Waals surface area (Å²) in [4.78, 5) is 0. The van der Waals surface area contributed by atoms with Gasteiger partial charge in [0.2, 0.25) is 0 Å². The summed E-state index contributed by atoms with van der Waals surface area (Å²) >= 11 is 0. The van der Waals surface area contributed by atoms with Crippen LogP contribution in [0.5, 0.6) is 0 Å². The maximum absolute atomic E-state index is 8.95. The molecule has 0 N–H and O–H groups in total. The normalized spacial score (nSPS) is 12.2. The van der Waals surface area contributed by atoms with Crippen LogP contribution in [0.1, 0.15) is 37.7 Å². The molecule has 2 rings (SSSR count). The van der Waals surface area contributed by atoms with Gasteiger partial charge in [-0.1, -0.05) is 55.8 Å². The molecular weight excluding hydrogens is 206 g/mol. The van der Waals surface area contributed by atoms with Crippen molar-refractivity contribution < 1.29 is 0 Å². The Labute approximate surface area is 103 Å². The monoisotopic (exact) mass is 223 g/mol. The molecule has 0 radical (unpaired) electrons. The molecule has 0 aliphatic heterocycles. The lowest BCUT2D eigenvalue weighted by Crippen LogP contribution is -1.98. The van der Waals surface area contributed by atoms with Crippen LogP contribution in [0.25, 0.3) is 10.8 Å². The number of hydrogen-bond donors (Lipinski definition) is 0. The number of hydrogen-bond acceptors (Lipinski definition) is 1. The fraction of sp³-hybridized carbons (Fsp3) is 0.312. The van der Waals surface area contributed by atoms with E-state index in [2.05, 4.69) is 55.5 Å². The Hall–Kier alpha value is -1.81. The maximum Gasteiger partial charge on any atom is 0.0628 e. The minimum absolute atomic E-state index is 0.371. The van der Waals surface area contributed by atoms with Crippen LogP contribution in [-0.4, -0.2) is 0 Å². The number of rotatable bonds is 4. The predicted molar refractivity (Wildman–Crippen MR) is 71.8 cm³/mol. The lowest BCUT2D eigenvalue weighted by molar-refractivity contribution is 0.629. The predicted octanol–water partition coefficient (Wildman–Crippen LogP) is 4.64. The molecule has 0 aliphatic carbocycles. The highest BCUT2D eigenvalue weighted by Gasteiger charge is 2.12. The molecule has 17 heavy (non-hydrogen) atoms. The molecular formula is C16H17N. The molecule has 0 saturated heterocycles. The minimum atomic E-state index is 0.371. The van der Waals surface area contributed by atoms with E-state index in [0.717, 1.165) is 12.8 Å². The molecule has 0 saturated carbocycles. The van der Waals surface area contributed by atoms with E-state index >= 15 is 0 Å². The van der Waals surface area contributed by atoms with Crippen molar-refractivity contribution in [3.63, 3.8) is 0 Å². The lowest BCUT2D eigenvalue weighted by atomic mass is 9.88. The molecule has 86 valence electrons. The Morgan fingerprint density at radius 1 is 1.12 bits per heavy atom. The van der Waals surface area contributed by atoms with Crippen LogP contribution in [0.15, 0.2) is 42.5 Å². The number of fused-ring (bicyclic) bond motifs is 1. The third-order valence-corrected chi connectivity index (χ3v) is 3.24. The van der Waals surface area contributed by atoms with Gasteiger partial charge in [0.15, 0.2) is 0 Å². The Bertz CT molecular complexity index is 531. The van der Waals surface area contributed by atoms with E-state index in [1.807, 2.05) is 0 Å². The Morgan fingerprint density at radius 2 is 1.88 bits per heavy atom. The Kier molecular flexibility index (Phi) is 3.77. The molecule has 1 unspecified atom stereocenters. The van der Waals surface area contributed by atoms with Gasteiger partial charge >= 0.3 is 0 Å². The van der Waals surface area contributed by atoms with Gasteiger partial charge < -0.3 is 0 Å². The van der Waals surface area contributed by atoms with Crippen molar-refractivity contribution in [2.24, 2.45) is 0 Å². The van der Waals surface area contributed by atoms with Crippen LogP contribution in [0, 0.1) is 11.3 Å². The molecule has 0 spiro atoms. The van der Waals surface area contributed by atoms with Gasteiger partial charge in [0.05, 0.1) is 6.07 Å². The number of nitriles is 1. The SMILES string of the molecule is CCCC(CC#N)c1cccc2ccccc12. The molecule has 1 heteroatoms. The molecule has 0 aliphatic rings. The first-order chi connectivity index (χ1) is 8.36. The van der Waals surface area contributed by atoms with Crippen molar-refractivity contribution in [1.29, 1.82) is 5.26 Å². The molecule has 0 amide bonds. The van der Waals surface area contributed by atoms with E-state index < -0.39 is 0 Å². The first kappa shape index (κ1) is 11.7. The van der Waals surface area contributed by atoms with Gasteiger partial charge in [0, 0.05) is 6.42 Å². The fourth-order valence-corrected chi connectivity index (χ4v) is 2.43. The van der Waals surface area contributed by atoms with E-state index in [9.17, 15) is 0 Å². The molecule has 0 aromatic heterocycles. The summed E-state index contributed by atoms with van der Waals surface area (Å²) in [6, 6.07) is 17.1. The standard InChI is InChI=1S/C16H17N/c1-2-6-13(11-12-17)16-10-5-8-14-7-3-4-9-15(14)16/h3-5,7-10,13H,2,6,11H2,1H3. The first-order valence-electron chi connectivity index (χ1n) is 6.21. The highest BCUT2D eigenvalue weighted by Crippen LogP contribution is 2.30. The first-order valence-corrected chi connectivity index (χ1v) is 6.21. The topological polar surface area (TPSA) is 23.8 Å². The van der Waals surface area contributed by atoms with Crippen LogP contribution in [0.4, 0.5) is 0 Å². The molecule has 0 bridgehead atoms. The van der Waals surface area contributed by atoms with Gasteiger partial charge in [0.1, 0.15) is 0 Å². The van der Waals surface area contributed by atoms with Crippen molar-refractivity contribution in [2.75, 3.05) is 0 Å². The average molecular weight is 223 g/mol. The summed E-state index contributed by atoms with van der Waals surface area (Å²) in [7, 11) is 0. The Morgan fingerprint density at radius 3 is 2.65 bits per heavy atom. The minimum Gasteiger partial charge on any atom is -0.198 e.